The van der Waals surface area contributed by atoms with E-state index in [1.54, 1.807) is 0 Å². The van der Waals surface area contributed by atoms with Gasteiger partial charge in [0.2, 0.25) is 0 Å². The van der Waals surface area contributed by atoms with Gasteiger partial charge in [0.05, 0.1) is 12.5 Å². The molecule has 0 spiro atoms. The van der Waals surface area contributed by atoms with Gasteiger partial charge >= 0.3 is 0 Å². The summed E-state index contributed by atoms with van der Waals surface area (Å²) in [4.78, 5) is 12.4. The lowest BCUT2D eigenvalue weighted by Gasteiger charge is -2.28. The fraction of sp³-hybridized carbons (Fsp3) is 0.235. The minimum atomic E-state index is 0.0362. The number of rotatable bonds is 4. The lowest BCUT2D eigenvalue weighted by Crippen LogP contribution is -2.25. The second kappa shape index (κ2) is 4.88. The Hall–Kier alpha value is -2.09. The van der Waals surface area contributed by atoms with Crippen LogP contribution < -0.4 is 4.74 Å². The van der Waals surface area contributed by atoms with E-state index in [4.69, 9.17) is 4.74 Å². The third-order valence-corrected chi connectivity index (χ3v) is 3.62. The summed E-state index contributed by atoms with van der Waals surface area (Å²) in [5.41, 5.74) is 3.25. The molecule has 1 unspecified atom stereocenters. The fourth-order valence-electron chi connectivity index (χ4n) is 2.58. The Balaban J connectivity index is 1.79. The van der Waals surface area contributed by atoms with Gasteiger partial charge in [-0.15, -0.1) is 0 Å². The number of ketones is 1. The van der Waals surface area contributed by atoms with E-state index in [1.807, 2.05) is 43.3 Å². The van der Waals surface area contributed by atoms with Crippen molar-refractivity contribution in [3.05, 3.63) is 65.2 Å². The van der Waals surface area contributed by atoms with Crippen molar-refractivity contribution in [1.29, 1.82) is 0 Å². The van der Waals surface area contributed by atoms with Crippen LogP contribution in [0.5, 0.6) is 5.75 Å². The zero-order valence-corrected chi connectivity index (χ0v) is 10.9. The van der Waals surface area contributed by atoms with Crippen LogP contribution in [0.3, 0.4) is 0 Å². The molecular weight excluding hydrogens is 236 g/mol. The van der Waals surface area contributed by atoms with E-state index >= 15 is 0 Å². The van der Waals surface area contributed by atoms with Crippen LogP contribution in [0.1, 0.15) is 34.3 Å². The summed E-state index contributed by atoms with van der Waals surface area (Å²) in [6.45, 7) is 2.59. The number of carbonyl (C=O) groups excluding carboxylic acids is 1. The predicted octanol–water partition coefficient (Wildman–Crippen LogP) is 3.61. The number of hydrogen-bond donors (Lipinski definition) is 0. The Labute approximate surface area is 113 Å². The molecule has 0 bridgehead atoms. The molecule has 2 aromatic carbocycles. The van der Waals surface area contributed by atoms with Crippen molar-refractivity contribution < 1.29 is 9.53 Å². The molecule has 3 rings (SSSR count). The number of ether oxygens (including phenoxy) is 1. The van der Waals surface area contributed by atoms with E-state index in [9.17, 15) is 4.79 Å². The first-order valence-corrected chi connectivity index (χ1v) is 6.64. The van der Waals surface area contributed by atoms with Gasteiger partial charge in [-0.2, -0.15) is 0 Å². The highest BCUT2D eigenvalue weighted by atomic mass is 16.5. The summed E-state index contributed by atoms with van der Waals surface area (Å²) in [6.07, 6.45) is 0.863. The lowest BCUT2D eigenvalue weighted by atomic mass is 9.74. The van der Waals surface area contributed by atoms with E-state index in [0.717, 1.165) is 17.7 Å². The maximum Gasteiger partial charge on any atom is 0.170 e. The minimum Gasteiger partial charge on any atom is -0.494 e. The molecule has 1 aliphatic carbocycles. The average molecular weight is 252 g/mol. The number of benzene rings is 2. The standard InChI is InChI=1S/C17H16O2/c1-2-19-14-9-7-12(8-10-14)17(18)16-11-13-5-3-4-6-15(13)16/h3-10,16H,2,11H2,1H3. The van der Waals surface area contributed by atoms with Crippen LogP contribution in [0, 0.1) is 0 Å². The van der Waals surface area contributed by atoms with E-state index in [1.165, 1.54) is 11.1 Å². The molecule has 0 amide bonds. The molecule has 2 nitrogen and oxygen atoms in total. The van der Waals surface area contributed by atoms with Crippen LogP contribution in [-0.4, -0.2) is 12.4 Å². The Morgan fingerprint density at radius 2 is 1.89 bits per heavy atom. The van der Waals surface area contributed by atoms with Crippen LogP contribution in [0.2, 0.25) is 0 Å². The van der Waals surface area contributed by atoms with Crippen molar-refractivity contribution in [2.45, 2.75) is 19.3 Å². The van der Waals surface area contributed by atoms with Gasteiger partial charge in [0, 0.05) is 5.56 Å². The molecule has 0 saturated heterocycles. The molecular formula is C17H16O2. The molecule has 0 aliphatic heterocycles. The van der Waals surface area contributed by atoms with Gasteiger partial charge < -0.3 is 4.74 Å². The zero-order chi connectivity index (χ0) is 13.2. The Bertz CT molecular complexity index is 599. The summed E-state index contributed by atoms with van der Waals surface area (Å²) in [6, 6.07) is 15.6. The van der Waals surface area contributed by atoms with Crippen LogP contribution in [0.4, 0.5) is 0 Å². The molecule has 0 fully saturated rings. The normalized spacial score (nSPS) is 16.4. The summed E-state index contributed by atoms with van der Waals surface area (Å²) >= 11 is 0. The van der Waals surface area contributed by atoms with E-state index in [0.29, 0.717) is 6.61 Å². The number of fused-ring (bicyclic) bond motifs is 1. The summed E-state index contributed by atoms with van der Waals surface area (Å²) in [7, 11) is 0. The van der Waals surface area contributed by atoms with Gasteiger partial charge in [-0.05, 0) is 48.7 Å². The zero-order valence-electron chi connectivity index (χ0n) is 10.9. The quantitative estimate of drug-likeness (QED) is 0.777. The molecule has 96 valence electrons. The molecule has 2 heteroatoms. The van der Waals surface area contributed by atoms with E-state index in [-0.39, 0.29) is 11.7 Å². The van der Waals surface area contributed by atoms with Gasteiger partial charge in [-0.1, -0.05) is 24.3 Å². The number of hydrogen-bond acceptors (Lipinski definition) is 2. The van der Waals surface area contributed by atoms with Gasteiger partial charge in [0.25, 0.3) is 0 Å². The second-order valence-corrected chi connectivity index (χ2v) is 4.78. The first-order valence-electron chi connectivity index (χ1n) is 6.64. The molecule has 0 saturated carbocycles. The van der Waals surface area contributed by atoms with Crippen molar-refractivity contribution >= 4 is 5.78 Å². The summed E-state index contributed by atoms with van der Waals surface area (Å²) < 4.78 is 5.39. The molecule has 0 aromatic heterocycles. The van der Waals surface area contributed by atoms with Crippen LogP contribution in [0.25, 0.3) is 0 Å². The molecule has 19 heavy (non-hydrogen) atoms. The molecule has 0 N–H and O–H groups in total. The smallest absolute Gasteiger partial charge is 0.170 e. The Morgan fingerprint density at radius 3 is 2.58 bits per heavy atom. The Kier molecular flexibility index (Phi) is 3.08. The van der Waals surface area contributed by atoms with Crippen molar-refractivity contribution in [3.63, 3.8) is 0 Å². The molecule has 0 heterocycles. The summed E-state index contributed by atoms with van der Waals surface area (Å²) in [5, 5.41) is 0. The van der Waals surface area contributed by atoms with Gasteiger partial charge in [0.1, 0.15) is 5.75 Å². The molecule has 1 atom stereocenters. The van der Waals surface area contributed by atoms with Crippen molar-refractivity contribution in [2.75, 3.05) is 6.61 Å². The third kappa shape index (κ3) is 2.14. The van der Waals surface area contributed by atoms with Crippen LogP contribution in [0.15, 0.2) is 48.5 Å². The molecule has 0 radical (unpaired) electrons. The number of Topliss-reactive ketones (excluding diaryl/α,β-unsaturated/α-hetero) is 1. The minimum absolute atomic E-state index is 0.0362. The molecule has 2 aromatic rings. The van der Waals surface area contributed by atoms with Crippen molar-refractivity contribution in [2.24, 2.45) is 0 Å². The highest BCUT2D eigenvalue weighted by Crippen LogP contribution is 2.37. The van der Waals surface area contributed by atoms with E-state index in [2.05, 4.69) is 12.1 Å². The maximum absolute atomic E-state index is 12.4. The van der Waals surface area contributed by atoms with E-state index < -0.39 is 0 Å². The Morgan fingerprint density at radius 1 is 1.16 bits per heavy atom. The predicted molar refractivity (Wildman–Crippen MR) is 74.8 cm³/mol. The second-order valence-electron chi connectivity index (χ2n) is 4.78. The molecule has 1 aliphatic rings. The highest BCUT2D eigenvalue weighted by Gasteiger charge is 2.32. The first-order chi connectivity index (χ1) is 9.29. The topological polar surface area (TPSA) is 26.3 Å². The fourth-order valence-corrected chi connectivity index (χ4v) is 2.58. The van der Waals surface area contributed by atoms with Gasteiger partial charge in [-0.25, -0.2) is 0 Å². The largest absolute Gasteiger partial charge is 0.494 e. The van der Waals surface area contributed by atoms with Crippen LogP contribution in [-0.2, 0) is 6.42 Å². The highest BCUT2D eigenvalue weighted by molar-refractivity contribution is 6.02. The van der Waals surface area contributed by atoms with Gasteiger partial charge in [-0.3, -0.25) is 4.79 Å². The number of carbonyl (C=O) groups is 1. The monoisotopic (exact) mass is 252 g/mol. The first kappa shape index (κ1) is 12.0. The summed E-state index contributed by atoms with van der Waals surface area (Å²) in [5.74, 6) is 1.06. The average Bonchev–Trinajstić information content (AvgIpc) is 2.41. The third-order valence-electron chi connectivity index (χ3n) is 3.62. The maximum atomic E-state index is 12.4. The lowest BCUT2D eigenvalue weighted by molar-refractivity contribution is 0.0949. The van der Waals surface area contributed by atoms with Gasteiger partial charge in [0.15, 0.2) is 5.78 Å². The van der Waals surface area contributed by atoms with Crippen molar-refractivity contribution in [1.82, 2.24) is 0 Å². The SMILES string of the molecule is CCOc1ccc(C(=O)C2Cc3ccccc32)cc1. The van der Waals surface area contributed by atoms with Crippen LogP contribution >= 0.6 is 0 Å². The van der Waals surface area contributed by atoms with Crippen molar-refractivity contribution in [3.8, 4) is 5.75 Å².